The van der Waals surface area contributed by atoms with Crippen LogP contribution < -0.4 is 20.7 Å². The maximum atomic E-state index is 11.5. The minimum Gasteiger partial charge on any atom is -0.484 e. The van der Waals surface area contributed by atoms with E-state index in [0.29, 0.717) is 31.3 Å². The second kappa shape index (κ2) is 13.8. The van der Waals surface area contributed by atoms with E-state index in [9.17, 15) is 9.90 Å². The van der Waals surface area contributed by atoms with Crippen LogP contribution in [0.2, 0.25) is 0 Å². The summed E-state index contributed by atoms with van der Waals surface area (Å²) in [6, 6.07) is 7.57. The van der Waals surface area contributed by atoms with Crippen LogP contribution in [0.5, 0.6) is 5.75 Å². The third-order valence-electron chi connectivity index (χ3n) is 4.42. The third kappa shape index (κ3) is 10.2. The van der Waals surface area contributed by atoms with E-state index in [1.807, 2.05) is 38.1 Å². The van der Waals surface area contributed by atoms with Crippen LogP contribution in [0.25, 0.3) is 0 Å². The highest BCUT2D eigenvalue weighted by Crippen LogP contribution is 2.18. The number of aliphatic imine (C=N–C) groups is 1. The number of hydrogen-bond donors (Lipinski definition) is 4. The maximum Gasteiger partial charge on any atom is 0.257 e. The molecular weight excluding hydrogens is 368 g/mol. The predicted octanol–water partition coefficient (Wildman–Crippen LogP) is 2.59. The Morgan fingerprint density at radius 2 is 1.76 bits per heavy atom. The van der Waals surface area contributed by atoms with Crippen molar-refractivity contribution >= 4 is 11.9 Å². The lowest BCUT2D eigenvalue weighted by Crippen LogP contribution is -2.47. The lowest BCUT2D eigenvalue weighted by Gasteiger charge is -2.28. The first kappa shape index (κ1) is 24.8. The Morgan fingerprint density at radius 1 is 1.07 bits per heavy atom. The van der Waals surface area contributed by atoms with E-state index in [2.05, 4.69) is 34.8 Å². The Balaban J connectivity index is 2.70. The third-order valence-corrected chi connectivity index (χ3v) is 4.42. The molecule has 0 saturated heterocycles. The van der Waals surface area contributed by atoms with Gasteiger partial charge in [0.05, 0.1) is 12.1 Å². The SMILES string of the molecule is CCCC(O)(CCC)CNC(=NCc1cccc(OCC(=O)NCC)c1)NCC. The van der Waals surface area contributed by atoms with E-state index in [1.165, 1.54) is 0 Å². The first-order valence-corrected chi connectivity index (χ1v) is 10.7. The van der Waals surface area contributed by atoms with Gasteiger partial charge in [0, 0.05) is 19.6 Å². The van der Waals surface area contributed by atoms with Crippen LogP contribution in [0.3, 0.4) is 0 Å². The molecule has 164 valence electrons. The number of aliphatic hydroxyl groups is 1. The largest absolute Gasteiger partial charge is 0.484 e. The Morgan fingerprint density at radius 3 is 2.38 bits per heavy atom. The molecule has 0 spiro atoms. The molecule has 0 aromatic heterocycles. The molecule has 0 radical (unpaired) electrons. The molecule has 0 bridgehead atoms. The van der Waals surface area contributed by atoms with Crippen LogP contribution in [0.15, 0.2) is 29.3 Å². The summed E-state index contributed by atoms with van der Waals surface area (Å²) in [5.74, 6) is 1.18. The highest BCUT2D eigenvalue weighted by atomic mass is 16.5. The molecule has 7 heteroatoms. The van der Waals surface area contributed by atoms with Crippen LogP contribution >= 0.6 is 0 Å². The number of hydrogen-bond acceptors (Lipinski definition) is 4. The standard InChI is InChI=1S/C22H38N4O3/c1-5-12-22(28,13-6-2)17-26-21(24-8-4)25-15-18-10-9-11-19(14-18)29-16-20(27)23-7-3/h9-11,14,28H,5-8,12-13,15-17H2,1-4H3,(H,23,27)(H2,24,25,26). The molecule has 0 aliphatic heterocycles. The van der Waals surface area contributed by atoms with Gasteiger partial charge in [-0.1, -0.05) is 38.8 Å². The topological polar surface area (TPSA) is 95.0 Å². The summed E-state index contributed by atoms with van der Waals surface area (Å²) < 4.78 is 5.54. The molecule has 4 N–H and O–H groups in total. The zero-order chi connectivity index (χ0) is 21.5. The molecule has 0 saturated carbocycles. The summed E-state index contributed by atoms with van der Waals surface area (Å²) >= 11 is 0. The van der Waals surface area contributed by atoms with Gasteiger partial charge in [-0.3, -0.25) is 4.79 Å². The Kier molecular flexibility index (Phi) is 11.8. The van der Waals surface area contributed by atoms with Crippen molar-refractivity contribution in [3.63, 3.8) is 0 Å². The van der Waals surface area contributed by atoms with Crippen LogP contribution in [0, 0.1) is 0 Å². The fourth-order valence-electron chi connectivity index (χ4n) is 3.12. The molecule has 1 amide bonds. The van der Waals surface area contributed by atoms with Crippen molar-refractivity contribution in [3.8, 4) is 5.75 Å². The molecule has 0 atom stereocenters. The van der Waals surface area contributed by atoms with Gasteiger partial charge in [0.2, 0.25) is 0 Å². The van der Waals surface area contributed by atoms with Crippen molar-refractivity contribution in [1.29, 1.82) is 0 Å². The number of nitrogens with one attached hydrogen (secondary N) is 3. The van der Waals surface area contributed by atoms with Gasteiger partial charge in [0.25, 0.3) is 5.91 Å². The number of amides is 1. The van der Waals surface area contributed by atoms with Gasteiger partial charge in [-0.05, 0) is 44.4 Å². The molecule has 0 unspecified atom stereocenters. The summed E-state index contributed by atoms with van der Waals surface area (Å²) in [4.78, 5) is 16.2. The van der Waals surface area contributed by atoms with Crippen LogP contribution in [0.1, 0.15) is 58.9 Å². The number of rotatable bonds is 13. The van der Waals surface area contributed by atoms with E-state index >= 15 is 0 Å². The number of likely N-dealkylation sites (N-methyl/N-ethyl adjacent to an activating group) is 1. The monoisotopic (exact) mass is 406 g/mol. The molecule has 0 aliphatic carbocycles. The lowest BCUT2D eigenvalue weighted by atomic mass is 9.93. The van der Waals surface area contributed by atoms with E-state index in [1.54, 1.807) is 0 Å². The zero-order valence-corrected chi connectivity index (χ0v) is 18.4. The summed E-state index contributed by atoms with van der Waals surface area (Å²) in [7, 11) is 0. The van der Waals surface area contributed by atoms with Gasteiger partial charge in [-0.2, -0.15) is 0 Å². The minimum absolute atomic E-state index is 0.00179. The fourth-order valence-corrected chi connectivity index (χ4v) is 3.12. The Bertz CT molecular complexity index is 628. The Hall–Kier alpha value is -2.28. The van der Waals surface area contributed by atoms with Crippen LogP contribution in [0.4, 0.5) is 0 Å². The minimum atomic E-state index is -0.716. The molecule has 1 rings (SSSR count). The van der Waals surface area contributed by atoms with Crippen molar-refractivity contribution in [2.24, 2.45) is 4.99 Å². The average molecular weight is 407 g/mol. The molecule has 29 heavy (non-hydrogen) atoms. The second-order valence-electron chi connectivity index (χ2n) is 7.16. The molecule has 1 aromatic carbocycles. The fraction of sp³-hybridized carbons (Fsp3) is 0.636. The number of nitrogens with zero attached hydrogens (tertiary/aromatic N) is 1. The zero-order valence-electron chi connectivity index (χ0n) is 18.4. The molecule has 0 aliphatic rings. The summed E-state index contributed by atoms with van der Waals surface area (Å²) in [6.07, 6.45) is 3.40. The van der Waals surface area contributed by atoms with Crippen LogP contribution in [-0.4, -0.2) is 48.8 Å². The van der Waals surface area contributed by atoms with Crippen molar-refractivity contribution in [3.05, 3.63) is 29.8 Å². The van der Waals surface area contributed by atoms with E-state index < -0.39 is 5.60 Å². The summed E-state index contributed by atoms with van der Waals surface area (Å²) in [5, 5.41) is 20.0. The Labute approximate surface area is 175 Å². The van der Waals surface area contributed by atoms with Crippen LogP contribution in [-0.2, 0) is 11.3 Å². The number of guanidine groups is 1. The van der Waals surface area contributed by atoms with Crippen molar-refractivity contribution < 1.29 is 14.6 Å². The molecular formula is C22H38N4O3. The van der Waals surface area contributed by atoms with Gasteiger partial charge >= 0.3 is 0 Å². The second-order valence-corrected chi connectivity index (χ2v) is 7.16. The number of benzene rings is 1. The average Bonchev–Trinajstić information content (AvgIpc) is 2.69. The van der Waals surface area contributed by atoms with E-state index in [0.717, 1.165) is 37.8 Å². The highest BCUT2D eigenvalue weighted by molar-refractivity contribution is 5.79. The summed E-state index contributed by atoms with van der Waals surface area (Å²) in [5.41, 5.74) is 0.264. The first-order valence-electron chi connectivity index (χ1n) is 10.7. The van der Waals surface area contributed by atoms with E-state index in [4.69, 9.17) is 4.74 Å². The maximum absolute atomic E-state index is 11.5. The van der Waals surface area contributed by atoms with Gasteiger partial charge in [0.1, 0.15) is 5.75 Å². The number of carbonyl (C=O) groups excluding carboxylic acids is 1. The molecule has 1 aromatic rings. The quantitative estimate of drug-likeness (QED) is 0.298. The van der Waals surface area contributed by atoms with Gasteiger partial charge in [-0.25, -0.2) is 4.99 Å². The summed E-state index contributed by atoms with van der Waals surface area (Å²) in [6.45, 7) is 10.3. The predicted molar refractivity (Wildman–Crippen MR) is 118 cm³/mol. The molecule has 7 nitrogen and oxygen atoms in total. The first-order chi connectivity index (χ1) is 14.0. The van der Waals surface area contributed by atoms with E-state index in [-0.39, 0.29) is 12.5 Å². The molecule has 0 fully saturated rings. The van der Waals surface area contributed by atoms with Crippen molar-refractivity contribution in [2.75, 3.05) is 26.2 Å². The number of carbonyl (C=O) groups is 1. The lowest BCUT2D eigenvalue weighted by molar-refractivity contribution is -0.122. The van der Waals surface area contributed by atoms with Gasteiger partial charge < -0.3 is 25.8 Å². The van der Waals surface area contributed by atoms with Crippen molar-refractivity contribution in [2.45, 2.75) is 65.5 Å². The highest BCUT2D eigenvalue weighted by Gasteiger charge is 2.24. The molecule has 0 heterocycles. The normalized spacial score (nSPS) is 11.8. The van der Waals surface area contributed by atoms with Gasteiger partial charge in [-0.15, -0.1) is 0 Å². The van der Waals surface area contributed by atoms with Crippen molar-refractivity contribution in [1.82, 2.24) is 16.0 Å². The number of ether oxygens (including phenoxy) is 1. The smallest absolute Gasteiger partial charge is 0.257 e. The van der Waals surface area contributed by atoms with Gasteiger partial charge in [0.15, 0.2) is 12.6 Å².